The Labute approximate surface area is 81.6 Å². The summed E-state index contributed by atoms with van der Waals surface area (Å²) in [7, 11) is 0.960. The summed E-state index contributed by atoms with van der Waals surface area (Å²) in [5.74, 6) is -1.50. The zero-order chi connectivity index (χ0) is 11.6. The van der Waals surface area contributed by atoms with E-state index in [2.05, 4.69) is 9.72 Å². The lowest BCUT2D eigenvalue weighted by Crippen LogP contribution is -2.09. The third kappa shape index (κ3) is 2.33. The van der Waals surface area contributed by atoms with Gasteiger partial charge in [-0.1, -0.05) is 0 Å². The van der Waals surface area contributed by atoms with Gasteiger partial charge in [0.05, 0.1) is 7.11 Å². The first-order valence-electron chi connectivity index (χ1n) is 3.63. The van der Waals surface area contributed by atoms with Crippen LogP contribution in [-0.2, 0) is 6.18 Å². The fourth-order valence-electron chi connectivity index (χ4n) is 0.904. The topological polar surface area (TPSA) is 65.3 Å². The Balaban J connectivity index is 3.27. The summed E-state index contributed by atoms with van der Waals surface area (Å²) in [4.78, 5) is 12.5. The molecule has 0 aliphatic carbocycles. The van der Waals surface area contributed by atoms with E-state index in [-0.39, 0.29) is 0 Å². The highest BCUT2D eigenvalue weighted by atomic mass is 19.4. The van der Waals surface area contributed by atoms with Crippen LogP contribution in [0.3, 0.4) is 0 Å². The SMILES string of the molecule is COc1nc([N+](=O)[O-])ccc1C(F)(F)F. The third-order valence-corrected chi connectivity index (χ3v) is 1.53. The van der Waals surface area contributed by atoms with Gasteiger partial charge in [-0.2, -0.15) is 13.2 Å². The van der Waals surface area contributed by atoms with E-state index >= 15 is 0 Å². The van der Waals surface area contributed by atoms with Gasteiger partial charge in [-0.15, -0.1) is 0 Å². The van der Waals surface area contributed by atoms with Gasteiger partial charge >= 0.3 is 17.9 Å². The Hall–Kier alpha value is -1.86. The van der Waals surface area contributed by atoms with Gasteiger partial charge in [-0.3, -0.25) is 0 Å². The molecule has 15 heavy (non-hydrogen) atoms. The molecule has 0 bridgehead atoms. The van der Waals surface area contributed by atoms with Gasteiger partial charge in [0.2, 0.25) is 0 Å². The molecule has 82 valence electrons. The molecule has 1 aromatic rings. The lowest BCUT2D eigenvalue weighted by atomic mass is 10.2. The standard InChI is InChI=1S/C7H5F3N2O3/c1-15-6-4(7(8,9)10)2-3-5(11-6)12(13)14/h2-3H,1H3. The third-order valence-electron chi connectivity index (χ3n) is 1.53. The molecular formula is C7H5F3N2O3. The van der Waals surface area contributed by atoms with Crippen LogP contribution in [0.25, 0.3) is 0 Å². The van der Waals surface area contributed by atoms with Crippen LogP contribution in [0, 0.1) is 10.1 Å². The average Bonchev–Trinajstić information content (AvgIpc) is 2.15. The Morgan fingerprint density at radius 2 is 2.07 bits per heavy atom. The lowest BCUT2D eigenvalue weighted by Gasteiger charge is -2.06. The quantitative estimate of drug-likeness (QED) is 0.567. The van der Waals surface area contributed by atoms with E-state index < -0.39 is 28.4 Å². The van der Waals surface area contributed by atoms with Crippen LogP contribution in [0.2, 0.25) is 0 Å². The molecule has 0 aromatic carbocycles. The van der Waals surface area contributed by atoms with Gasteiger partial charge < -0.3 is 14.9 Å². The summed E-state index contributed by atoms with van der Waals surface area (Å²) >= 11 is 0. The molecule has 0 saturated carbocycles. The normalized spacial score (nSPS) is 11.2. The number of aromatic nitrogens is 1. The Morgan fingerprint density at radius 3 is 2.47 bits per heavy atom. The van der Waals surface area contributed by atoms with E-state index in [0.717, 1.165) is 7.11 Å². The molecule has 1 rings (SSSR count). The maximum atomic E-state index is 12.3. The number of halogens is 3. The Kier molecular flexibility index (Phi) is 2.78. The van der Waals surface area contributed by atoms with Crippen LogP contribution >= 0.6 is 0 Å². The van der Waals surface area contributed by atoms with Crippen LogP contribution < -0.4 is 4.74 Å². The molecule has 0 aliphatic heterocycles. The molecule has 0 spiro atoms. The first-order chi connectivity index (χ1) is 6.86. The van der Waals surface area contributed by atoms with E-state index in [0.29, 0.717) is 12.1 Å². The molecule has 0 fully saturated rings. The number of hydrogen-bond acceptors (Lipinski definition) is 4. The number of pyridine rings is 1. The van der Waals surface area contributed by atoms with Crippen molar-refractivity contribution in [2.45, 2.75) is 6.18 Å². The van der Waals surface area contributed by atoms with Gasteiger partial charge in [-0.05, 0) is 11.0 Å². The minimum Gasteiger partial charge on any atom is -0.462 e. The minimum absolute atomic E-state index is 0.559. The molecule has 1 heterocycles. The van der Waals surface area contributed by atoms with E-state index in [4.69, 9.17) is 0 Å². The highest BCUT2D eigenvalue weighted by Crippen LogP contribution is 2.35. The number of rotatable bonds is 2. The van der Waals surface area contributed by atoms with Crippen LogP contribution in [-0.4, -0.2) is 17.0 Å². The summed E-state index contributed by atoms with van der Waals surface area (Å²) in [6.45, 7) is 0. The number of alkyl halides is 3. The molecule has 0 unspecified atom stereocenters. The van der Waals surface area contributed by atoms with Gasteiger partial charge in [0.25, 0.3) is 0 Å². The second kappa shape index (κ2) is 3.71. The zero-order valence-electron chi connectivity index (χ0n) is 7.41. The largest absolute Gasteiger partial charge is 0.462 e. The summed E-state index contributed by atoms with van der Waals surface area (Å²) in [5.41, 5.74) is -1.14. The first kappa shape index (κ1) is 11.2. The molecule has 5 nitrogen and oxygen atoms in total. The van der Waals surface area contributed by atoms with Crippen LogP contribution in [0.5, 0.6) is 5.88 Å². The van der Waals surface area contributed by atoms with E-state index in [1.807, 2.05) is 0 Å². The summed E-state index contributed by atoms with van der Waals surface area (Å²) in [5, 5.41) is 10.2. The molecule has 0 radical (unpaired) electrons. The first-order valence-corrected chi connectivity index (χ1v) is 3.63. The van der Waals surface area contributed by atoms with E-state index in [1.54, 1.807) is 0 Å². The molecule has 8 heteroatoms. The smallest absolute Gasteiger partial charge is 0.423 e. The van der Waals surface area contributed by atoms with Crippen molar-refractivity contribution in [3.8, 4) is 5.88 Å². The molecule has 0 atom stereocenters. The summed E-state index contributed by atoms with van der Waals surface area (Å²) < 4.78 is 41.2. The van der Waals surface area contributed by atoms with Crippen molar-refractivity contribution in [3.63, 3.8) is 0 Å². The average molecular weight is 222 g/mol. The Bertz CT molecular complexity index is 392. The number of ether oxygens (including phenoxy) is 1. The number of nitro groups is 1. The zero-order valence-corrected chi connectivity index (χ0v) is 7.41. The fraction of sp³-hybridized carbons (Fsp3) is 0.286. The maximum absolute atomic E-state index is 12.3. The van der Waals surface area contributed by atoms with Crippen molar-refractivity contribution >= 4 is 5.82 Å². The van der Waals surface area contributed by atoms with Gasteiger partial charge in [0.15, 0.2) is 0 Å². The van der Waals surface area contributed by atoms with E-state index in [1.165, 1.54) is 0 Å². The van der Waals surface area contributed by atoms with Crippen molar-refractivity contribution in [2.24, 2.45) is 0 Å². The second-order valence-corrected chi connectivity index (χ2v) is 2.48. The highest BCUT2D eigenvalue weighted by Gasteiger charge is 2.38. The predicted molar refractivity (Wildman–Crippen MR) is 42.4 cm³/mol. The predicted octanol–water partition coefficient (Wildman–Crippen LogP) is 2.02. The monoisotopic (exact) mass is 222 g/mol. The van der Waals surface area contributed by atoms with Crippen LogP contribution in [0.1, 0.15) is 5.56 Å². The van der Waals surface area contributed by atoms with Crippen molar-refractivity contribution < 1.29 is 22.8 Å². The molecular weight excluding hydrogens is 217 g/mol. The molecule has 0 saturated heterocycles. The van der Waals surface area contributed by atoms with Gasteiger partial charge in [0, 0.05) is 11.1 Å². The summed E-state index contributed by atoms with van der Waals surface area (Å²) in [6, 6.07) is 1.23. The highest BCUT2D eigenvalue weighted by molar-refractivity contribution is 5.35. The van der Waals surface area contributed by atoms with Crippen molar-refractivity contribution in [1.82, 2.24) is 4.98 Å². The molecule has 1 aromatic heterocycles. The Morgan fingerprint density at radius 1 is 1.47 bits per heavy atom. The summed E-state index contributed by atoms with van der Waals surface area (Å²) in [6.07, 6.45) is -4.65. The lowest BCUT2D eigenvalue weighted by molar-refractivity contribution is -0.389. The van der Waals surface area contributed by atoms with Crippen molar-refractivity contribution in [2.75, 3.05) is 7.11 Å². The van der Waals surface area contributed by atoms with Crippen LogP contribution in [0.15, 0.2) is 12.1 Å². The molecule has 0 aliphatic rings. The molecule has 0 N–H and O–H groups in total. The van der Waals surface area contributed by atoms with Gasteiger partial charge in [0.1, 0.15) is 5.56 Å². The number of methoxy groups -OCH3 is 1. The maximum Gasteiger partial charge on any atom is 0.423 e. The van der Waals surface area contributed by atoms with Crippen LogP contribution in [0.4, 0.5) is 19.0 Å². The van der Waals surface area contributed by atoms with Gasteiger partial charge in [-0.25, -0.2) is 0 Å². The van der Waals surface area contributed by atoms with Crippen molar-refractivity contribution in [1.29, 1.82) is 0 Å². The second-order valence-electron chi connectivity index (χ2n) is 2.48. The van der Waals surface area contributed by atoms with E-state index in [9.17, 15) is 23.3 Å². The molecule has 0 amide bonds. The number of hydrogen-bond donors (Lipinski definition) is 0. The fourth-order valence-corrected chi connectivity index (χ4v) is 0.904. The minimum atomic E-state index is -4.65. The number of nitrogens with zero attached hydrogens (tertiary/aromatic N) is 2. The van der Waals surface area contributed by atoms with Crippen molar-refractivity contribution in [3.05, 3.63) is 27.8 Å².